The highest BCUT2D eigenvalue weighted by Gasteiger charge is 2.36. The Bertz CT molecular complexity index is 1740. The number of aliphatic carboxylic acids is 1. The number of primary amides is 1. The van der Waals surface area contributed by atoms with Crippen LogP contribution in [0.3, 0.4) is 0 Å². The molecule has 0 saturated carbocycles. The molecule has 0 radical (unpaired) electrons. The Morgan fingerprint density at radius 2 is 1.36 bits per heavy atom. The van der Waals surface area contributed by atoms with Crippen LogP contribution in [0.5, 0.6) is 0 Å². The number of carboxylic acids is 1. The third-order valence-corrected chi connectivity index (χ3v) is 9.56. The number of amides is 9. The maximum atomic E-state index is 13.2. The zero-order valence-electron chi connectivity index (χ0n) is 35.0. The summed E-state index contributed by atoms with van der Waals surface area (Å²) in [5, 5.41) is 35.8. The topological polar surface area (TPSA) is 351 Å². The second-order valence-electron chi connectivity index (χ2n) is 15.5. The molecule has 1 aromatic carbocycles. The van der Waals surface area contributed by atoms with E-state index in [2.05, 4.69) is 37.2 Å². The first-order chi connectivity index (χ1) is 28.6. The van der Waals surface area contributed by atoms with Crippen molar-refractivity contribution in [2.45, 2.75) is 109 Å². The molecule has 22 nitrogen and oxygen atoms in total. The smallest absolute Gasteiger partial charge is 0.305 e. The van der Waals surface area contributed by atoms with E-state index in [4.69, 9.17) is 11.5 Å². The fourth-order valence-corrected chi connectivity index (χ4v) is 6.25. The molecule has 0 spiro atoms. The summed E-state index contributed by atoms with van der Waals surface area (Å²) >= 11 is 0. The molecule has 338 valence electrons. The second kappa shape index (κ2) is 24.8. The Kier molecular flexibility index (Phi) is 20.7. The van der Waals surface area contributed by atoms with E-state index in [0.717, 1.165) is 5.56 Å². The van der Waals surface area contributed by atoms with Crippen LogP contribution in [0.15, 0.2) is 30.3 Å². The highest BCUT2D eigenvalue weighted by Crippen LogP contribution is 2.18. The molecule has 7 atom stereocenters. The summed E-state index contributed by atoms with van der Waals surface area (Å²) in [6, 6.07) is 0.0288. The van der Waals surface area contributed by atoms with Crippen LogP contribution in [0.1, 0.15) is 65.9 Å². The number of carbonyl (C=O) groups excluding carboxylic acids is 9. The number of carbonyl (C=O) groups is 10. The van der Waals surface area contributed by atoms with Gasteiger partial charge in [0.15, 0.2) is 0 Å². The molecule has 61 heavy (non-hydrogen) atoms. The van der Waals surface area contributed by atoms with Crippen molar-refractivity contribution in [3.8, 4) is 0 Å². The Hall–Kier alpha value is -6.16. The van der Waals surface area contributed by atoms with E-state index in [1.165, 1.54) is 11.8 Å². The van der Waals surface area contributed by atoms with Crippen molar-refractivity contribution in [1.82, 2.24) is 42.1 Å². The molecule has 0 unspecified atom stereocenters. The highest BCUT2D eigenvalue weighted by molar-refractivity contribution is 5.97. The average molecular weight is 861 g/mol. The van der Waals surface area contributed by atoms with Gasteiger partial charge in [-0.15, -0.1) is 0 Å². The van der Waals surface area contributed by atoms with E-state index in [9.17, 15) is 58.2 Å². The van der Waals surface area contributed by atoms with Crippen molar-refractivity contribution >= 4 is 59.1 Å². The molecule has 0 aliphatic carbocycles. The van der Waals surface area contributed by atoms with E-state index in [0.29, 0.717) is 12.8 Å². The molecule has 13 N–H and O–H groups in total. The predicted octanol–water partition coefficient (Wildman–Crippen LogP) is -4.12. The van der Waals surface area contributed by atoms with Crippen molar-refractivity contribution in [2.24, 2.45) is 23.3 Å². The van der Waals surface area contributed by atoms with Crippen molar-refractivity contribution in [1.29, 1.82) is 0 Å². The molecule has 2 rings (SSSR count). The van der Waals surface area contributed by atoms with Crippen molar-refractivity contribution < 1.29 is 58.2 Å². The van der Waals surface area contributed by atoms with Gasteiger partial charge in [-0.3, -0.25) is 47.9 Å². The minimum atomic E-state index is -1.67. The van der Waals surface area contributed by atoms with Gasteiger partial charge in [0.25, 0.3) is 0 Å². The Labute approximate surface area is 353 Å². The molecule has 1 aliphatic heterocycles. The number of aliphatic hydroxyl groups is 1. The maximum Gasteiger partial charge on any atom is 0.305 e. The van der Waals surface area contributed by atoms with Gasteiger partial charge in [-0.1, -0.05) is 58.0 Å². The van der Waals surface area contributed by atoms with Crippen LogP contribution >= 0.6 is 0 Å². The number of aliphatic hydroxyl groups excluding tert-OH is 1. The molecule has 0 aromatic heterocycles. The summed E-state index contributed by atoms with van der Waals surface area (Å²) in [5.74, 6) is -8.98. The molecular formula is C39H60N10O12. The Morgan fingerprint density at radius 3 is 1.93 bits per heavy atom. The van der Waals surface area contributed by atoms with E-state index in [1.807, 2.05) is 13.8 Å². The molecular weight excluding hydrogens is 800 g/mol. The molecule has 1 saturated heterocycles. The average Bonchev–Trinajstić information content (AvgIpc) is 3.69. The van der Waals surface area contributed by atoms with Crippen LogP contribution in [0, 0.1) is 11.8 Å². The lowest BCUT2D eigenvalue weighted by molar-refractivity contribution is -0.141. The number of nitrogens with zero attached hydrogens (tertiary/aromatic N) is 1. The SMILES string of the molecule is CC(C)C[C@H](NC(=O)[C@@H](NC(=O)CNC(=O)[C@H](C)NC(=O)[C@@H]1CCCN1C(=O)CNC(=O)[C@H](CO)NC(=O)[C@H](CC(=O)O)NC(=O)[C@@H](N)Cc1ccccc1)C(C)C)C(N)=O. The van der Waals surface area contributed by atoms with Gasteiger partial charge in [-0.2, -0.15) is 0 Å². The van der Waals surface area contributed by atoms with Gasteiger partial charge in [0.05, 0.1) is 32.2 Å². The minimum Gasteiger partial charge on any atom is -0.481 e. The van der Waals surface area contributed by atoms with Gasteiger partial charge in [-0.05, 0) is 50.0 Å². The normalized spacial score (nSPS) is 16.5. The number of likely N-dealkylation sites (tertiary alicyclic amines) is 1. The Morgan fingerprint density at radius 1 is 0.754 bits per heavy atom. The third-order valence-electron chi connectivity index (χ3n) is 9.56. The first-order valence-electron chi connectivity index (χ1n) is 19.9. The van der Waals surface area contributed by atoms with E-state index in [-0.39, 0.29) is 25.3 Å². The van der Waals surface area contributed by atoms with Gasteiger partial charge >= 0.3 is 5.97 Å². The second-order valence-corrected chi connectivity index (χ2v) is 15.5. The van der Waals surface area contributed by atoms with Crippen LogP contribution in [0.2, 0.25) is 0 Å². The summed E-state index contributed by atoms with van der Waals surface area (Å²) < 4.78 is 0. The monoisotopic (exact) mass is 860 g/mol. The van der Waals surface area contributed by atoms with Gasteiger partial charge < -0.3 is 63.8 Å². The zero-order valence-corrected chi connectivity index (χ0v) is 35.0. The Balaban J connectivity index is 1.91. The zero-order chi connectivity index (χ0) is 46.0. The molecule has 0 bridgehead atoms. The summed E-state index contributed by atoms with van der Waals surface area (Å²) in [6.07, 6.45) is 0.131. The third kappa shape index (κ3) is 17.2. The lowest BCUT2D eigenvalue weighted by atomic mass is 10.00. The van der Waals surface area contributed by atoms with Crippen LogP contribution in [-0.4, -0.2) is 143 Å². The van der Waals surface area contributed by atoms with Gasteiger partial charge in [0.1, 0.15) is 36.3 Å². The standard InChI is InChI=1S/C39H60N10O12/c1-20(2)14-25(33(41)55)45-39(61)32(21(3)4)48-29(51)17-42-34(56)22(5)44-38(60)28-12-9-13-49(28)30(52)18-43-36(58)27(19-50)47-37(59)26(16-31(53)54)46-35(57)24(40)15-23-10-7-6-8-11-23/h6-8,10-11,20-22,24-28,32,50H,9,12-19,40H2,1-5H3,(H2,41,55)(H,42,56)(H,43,58)(H,44,60)(H,45,61)(H,46,57)(H,47,59)(H,48,51)(H,53,54)/t22-,24-,25-,26-,27-,28-,32-/m0/s1. The van der Waals surface area contributed by atoms with Crippen molar-refractivity contribution in [3.63, 3.8) is 0 Å². The maximum absolute atomic E-state index is 13.2. The minimum absolute atomic E-state index is 0.0520. The summed E-state index contributed by atoms with van der Waals surface area (Å²) in [4.78, 5) is 128. The lowest BCUT2D eigenvalue weighted by Gasteiger charge is -2.26. The van der Waals surface area contributed by atoms with E-state index >= 15 is 0 Å². The lowest BCUT2D eigenvalue weighted by Crippen LogP contribution is -2.58. The van der Waals surface area contributed by atoms with Crippen LogP contribution < -0.4 is 48.7 Å². The molecule has 1 aromatic rings. The van der Waals surface area contributed by atoms with Gasteiger partial charge in [0.2, 0.25) is 53.2 Å². The molecule has 1 fully saturated rings. The largest absolute Gasteiger partial charge is 0.481 e. The number of nitrogens with one attached hydrogen (secondary N) is 7. The molecule has 22 heteroatoms. The summed E-state index contributed by atoms with van der Waals surface area (Å²) in [7, 11) is 0. The first kappa shape index (κ1) is 51.0. The van der Waals surface area contributed by atoms with Gasteiger partial charge in [-0.25, -0.2) is 0 Å². The fraction of sp³-hybridized carbons (Fsp3) is 0.590. The first-order valence-corrected chi connectivity index (χ1v) is 19.9. The van der Waals surface area contributed by atoms with Crippen LogP contribution in [0.4, 0.5) is 0 Å². The predicted molar refractivity (Wildman–Crippen MR) is 217 cm³/mol. The number of hydrogen-bond donors (Lipinski definition) is 11. The van der Waals surface area contributed by atoms with Crippen molar-refractivity contribution in [2.75, 3.05) is 26.2 Å². The van der Waals surface area contributed by atoms with Crippen LogP contribution in [0.25, 0.3) is 0 Å². The van der Waals surface area contributed by atoms with E-state index < -0.39 is 133 Å². The number of rotatable bonds is 24. The quantitative estimate of drug-likeness (QED) is 0.0471. The molecule has 1 aliphatic rings. The summed E-state index contributed by atoms with van der Waals surface area (Å²) in [6.45, 7) is 6.35. The number of nitrogens with two attached hydrogens (primary N) is 2. The number of benzene rings is 1. The van der Waals surface area contributed by atoms with E-state index in [1.54, 1.807) is 44.2 Å². The molecule has 1 heterocycles. The fourth-order valence-electron chi connectivity index (χ4n) is 6.25. The highest BCUT2D eigenvalue weighted by atomic mass is 16.4. The number of carboxylic acid groups (broad SMARTS) is 1. The number of hydrogen-bond acceptors (Lipinski definition) is 12. The molecule has 9 amide bonds. The van der Waals surface area contributed by atoms with Crippen LogP contribution in [-0.2, 0) is 54.4 Å². The summed E-state index contributed by atoms with van der Waals surface area (Å²) in [5.41, 5.74) is 12.1. The van der Waals surface area contributed by atoms with Crippen molar-refractivity contribution in [3.05, 3.63) is 35.9 Å². The van der Waals surface area contributed by atoms with Gasteiger partial charge in [0, 0.05) is 6.54 Å².